The Labute approximate surface area is 179 Å². The number of aromatic amines is 1. The minimum Gasteiger partial charge on any atom is -0.497 e. The first-order chi connectivity index (χ1) is 14.5. The van der Waals surface area contributed by atoms with E-state index in [-0.39, 0.29) is 16.9 Å². The molecule has 0 radical (unpaired) electrons. The molecule has 1 aromatic carbocycles. The maximum atomic E-state index is 12.9. The molecule has 2 heterocycles. The smallest absolute Gasteiger partial charge is 0.329 e. The van der Waals surface area contributed by atoms with Gasteiger partial charge in [-0.2, -0.15) is 0 Å². The van der Waals surface area contributed by atoms with Gasteiger partial charge in [0.15, 0.2) is 5.17 Å². The first kappa shape index (κ1) is 20.5. The quantitative estimate of drug-likeness (QED) is 0.681. The molecule has 0 spiro atoms. The van der Waals surface area contributed by atoms with E-state index in [9.17, 15) is 9.59 Å². The van der Waals surface area contributed by atoms with Gasteiger partial charge in [0.05, 0.1) is 18.1 Å². The molecule has 1 saturated carbocycles. The summed E-state index contributed by atoms with van der Waals surface area (Å²) in [6.45, 7) is 0.443. The normalized spacial score (nSPS) is 20.6. The lowest BCUT2D eigenvalue weighted by Gasteiger charge is -2.21. The van der Waals surface area contributed by atoms with Gasteiger partial charge in [-0.15, -0.1) is 0 Å². The molecule has 7 nitrogen and oxygen atoms in total. The third-order valence-corrected chi connectivity index (χ3v) is 6.61. The maximum absolute atomic E-state index is 12.9. The van der Waals surface area contributed by atoms with E-state index in [0.717, 1.165) is 54.0 Å². The summed E-state index contributed by atoms with van der Waals surface area (Å²) in [6.07, 6.45) is 9.13. The van der Waals surface area contributed by atoms with Gasteiger partial charge < -0.3 is 14.8 Å². The summed E-state index contributed by atoms with van der Waals surface area (Å²) in [5, 5.41) is 10.8. The molecule has 2 fully saturated rings. The lowest BCUT2D eigenvalue weighted by molar-refractivity contribution is -0.132. The van der Waals surface area contributed by atoms with E-state index in [1.165, 1.54) is 18.2 Å². The maximum Gasteiger partial charge on any atom is 0.329 e. The summed E-state index contributed by atoms with van der Waals surface area (Å²) in [6, 6.07) is 6.06. The van der Waals surface area contributed by atoms with Gasteiger partial charge in [0, 0.05) is 29.7 Å². The number of benzene rings is 1. The van der Waals surface area contributed by atoms with Crippen molar-refractivity contribution in [1.29, 1.82) is 0 Å². The molecule has 1 amide bonds. The highest BCUT2D eigenvalue weighted by Gasteiger charge is 2.34. The third kappa shape index (κ3) is 4.38. The molecular formula is C22H25N3O4S. The number of hydrogen-bond donors (Lipinski definition) is 2. The second-order valence-corrected chi connectivity index (χ2v) is 8.59. The minimum atomic E-state index is -1.12. The van der Waals surface area contributed by atoms with Gasteiger partial charge in [0.2, 0.25) is 0 Å². The van der Waals surface area contributed by atoms with Gasteiger partial charge in [0.25, 0.3) is 5.91 Å². The van der Waals surface area contributed by atoms with Crippen LogP contribution in [-0.2, 0) is 16.0 Å². The topological polar surface area (TPSA) is 95.0 Å². The van der Waals surface area contributed by atoms with Crippen molar-refractivity contribution < 1.29 is 19.4 Å². The Bertz CT molecular complexity index is 1020. The average molecular weight is 428 g/mol. The van der Waals surface area contributed by atoms with Crippen LogP contribution in [0.3, 0.4) is 0 Å². The molecule has 1 saturated heterocycles. The number of hydrogen-bond acceptors (Lipinski definition) is 5. The Morgan fingerprint density at radius 2 is 2.17 bits per heavy atom. The number of carbonyl (C=O) groups is 2. The van der Waals surface area contributed by atoms with E-state index in [1.807, 2.05) is 24.4 Å². The molecule has 8 heteroatoms. The predicted molar refractivity (Wildman–Crippen MR) is 118 cm³/mol. The number of carbonyl (C=O) groups excluding carboxylic acids is 1. The standard InChI is InChI=1S/C22H25N3O4S/c1-29-16-7-8-18-17(11-16)14(13-23-18)9-10-25-21(28)19(12-20(26)27)30-22(25)24-15-5-3-2-4-6-15/h7-8,11-13,15,23H,2-6,9-10H2,1H3,(H,26,27)/b19-12+,24-22?. The van der Waals surface area contributed by atoms with E-state index in [1.54, 1.807) is 12.0 Å². The van der Waals surface area contributed by atoms with Gasteiger partial charge in [-0.05, 0) is 54.8 Å². The zero-order chi connectivity index (χ0) is 21.1. The number of aliphatic carboxylic acids is 1. The second kappa shape index (κ2) is 8.95. The first-order valence-corrected chi connectivity index (χ1v) is 11.0. The van der Waals surface area contributed by atoms with Crippen LogP contribution < -0.4 is 4.74 Å². The molecule has 2 aliphatic rings. The number of aliphatic imine (C=N–C) groups is 1. The molecule has 0 unspecified atom stereocenters. The summed E-state index contributed by atoms with van der Waals surface area (Å²) in [5.41, 5.74) is 2.09. The van der Waals surface area contributed by atoms with E-state index in [4.69, 9.17) is 14.8 Å². The van der Waals surface area contributed by atoms with Crippen LogP contribution in [0.2, 0.25) is 0 Å². The van der Waals surface area contributed by atoms with Crippen molar-refractivity contribution in [2.75, 3.05) is 13.7 Å². The highest BCUT2D eigenvalue weighted by Crippen LogP contribution is 2.33. The van der Waals surface area contributed by atoms with Crippen molar-refractivity contribution in [3.63, 3.8) is 0 Å². The molecule has 2 N–H and O–H groups in total. The van der Waals surface area contributed by atoms with Crippen molar-refractivity contribution in [1.82, 2.24) is 9.88 Å². The molecule has 158 valence electrons. The lowest BCUT2D eigenvalue weighted by Crippen LogP contribution is -2.32. The predicted octanol–water partition coefficient (Wildman–Crippen LogP) is 3.95. The van der Waals surface area contributed by atoms with E-state index in [2.05, 4.69) is 4.98 Å². The number of thioether (sulfide) groups is 1. The number of nitrogens with one attached hydrogen (secondary N) is 1. The fourth-order valence-electron chi connectivity index (χ4n) is 4.00. The fourth-order valence-corrected chi connectivity index (χ4v) is 5.04. The van der Waals surface area contributed by atoms with Crippen molar-refractivity contribution in [3.05, 3.63) is 40.9 Å². The van der Waals surface area contributed by atoms with Crippen molar-refractivity contribution in [2.24, 2.45) is 4.99 Å². The SMILES string of the molecule is COc1ccc2[nH]cc(CCN3C(=O)/C(=C\C(=O)O)SC3=NC3CCCCC3)c2c1. The largest absolute Gasteiger partial charge is 0.497 e. The molecule has 2 aromatic rings. The minimum absolute atomic E-state index is 0.207. The summed E-state index contributed by atoms with van der Waals surface area (Å²) >= 11 is 1.17. The first-order valence-electron chi connectivity index (χ1n) is 10.2. The van der Waals surface area contributed by atoms with E-state index >= 15 is 0 Å². The number of amides is 1. The van der Waals surface area contributed by atoms with Crippen molar-refractivity contribution in [3.8, 4) is 5.75 Å². The second-order valence-electron chi connectivity index (χ2n) is 7.58. The Morgan fingerprint density at radius 3 is 2.90 bits per heavy atom. The van der Waals surface area contributed by atoms with Gasteiger partial charge >= 0.3 is 5.97 Å². The number of ether oxygens (including phenoxy) is 1. The monoisotopic (exact) mass is 427 g/mol. The molecule has 0 bridgehead atoms. The average Bonchev–Trinajstić information content (AvgIpc) is 3.27. The van der Waals surface area contributed by atoms with Crippen LogP contribution in [0.15, 0.2) is 40.4 Å². The van der Waals surface area contributed by atoms with Crippen LogP contribution >= 0.6 is 11.8 Å². The van der Waals surface area contributed by atoms with E-state index < -0.39 is 5.97 Å². The van der Waals surface area contributed by atoms with Gasteiger partial charge in [-0.3, -0.25) is 14.7 Å². The Balaban J connectivity index is 1.57. The summed E-state index contributed by atoms with van der Waals surface area (Å²) in [4.78, 5) is 34.0. The van der Waals surface area contributed by atoms with Crippen LogP contribution in [0.25, 0.3) is 10.9 Å². The zero-order valence-corrected chi connectivity index (χ0v) is 17.7. The molecule has 30 heavy (non-hydrogen) atoms. The molecule has 0 atom stereocenters. The van der Waals surface area contributed by atoms with Gasteiger partial charge in [0.1, 0.15) is 5.75 Å². The van der Waals surface area contributed by atoms with Crippen LogP contribution in [0.1, 0.15) is 37.7 Å². The molecule has 4 rings (SSSR count). The number of amidine groups is 1. The van der Waals surface area contributed by atoms with Crippen molar-refractivity contribution in [2.45, 2.75) is 44.6 Å². The zero-order valence-electron chi connectivity index (χ0n) is 16.9. The molecule has 1 aromatic heterocycles. The van der Waals surface area contributed by atoms with Gasteiger partial charge in [-0.25, -0.2) is 4.79 Å². The Morgan fingerprint density at radius 1 is 1.37 bits per heavy atom. The summed E-state index contributed by atoms with van der Waals surface area (Å²) in [7, 11) is 1.64. The Hall–Kier alpha value is -2.74. The number of aromatic nitrogens is 1. The molecule has 1 aliphatic carbocycles. The molecule has 1 aliphatic heterocycles. The highest BCUT2D eigenvalue weighted by atomic mass is 32.2. The highest BCUT2D eigenvalue weighted by molar-refractivity contribution is 8.18. The fraction of sp³-hybridized carbons (Fsp3) is 0.409. The number of fused-ring (bicyclic) bond motifs is 1. The summed E-state index contributed by atoms with van der Waals surface area (Å²) in [5.74, 6) is -0.620. The van der Waals surface area contributed by atoms with Crippen LogP contribution in [0, 0.1) is 0 Å². The number of carboxylic acid groups (broad SMARTS) is 1. The van der Waals surface area contributed by atoms with Crippen LogP contribution in [0.5, 0.6) is 5.75 Å². The van der Waals surface area contributed by atoms with Crippen LogP contribution in [-0.4, -0.2) is 51.7 Å². The number of H-pyrrole nitrogens is 1. The Kier molecular flexibility index (Phi) is 6.13. The summed E-state index contributed by atoms with van der Waals surface area (Å²) < 4.78 is 5.33. The van der Waals surface area contributed by atoms with Crippen molar-refractivity contribution >= 4 is 39.7 Å². The number of carboxylic acids is 1. The lowest BCUT2D eigenvalue weighted by atomic mass is 9.96. The number of nitrogens with zero attached hydrogens (tertiary/aromatic N) is 2. The number of rotatable bonds is 6. The molecular weight excluding hydrogens is 402 g/mol. The number of methoxy groups -OCH3 is 1. The van der Waals surface area contributed by atoms with E-state index in [0.29, 0.717) is 18.1 Å². The third-order valence-electron chi connectivity index (χ3n) is 5.59. The van der Waals surface area contributed by atoms with Crippen LogP contribution in [0.4, 0.5) is 0 Å². The van der Waals surface area contributed by atoms with Gasteiger partial charge in [-0.1, -0.05) is 19.3 Å².